The van der Waals surface area contributed by atoms with Gasteiger partial charge < -0.3 is 20.5 Å². The molecule has 2 amide bonds. The number of amides is 2. The normalized spacial score (nSPS) is 10.2. The number of benzene rings is 3. The fourth-order valence-electron chi connectivity index (χ4n) is 2.51. The van der Waals surface area contributed by atoms with Crippen molar-refractivity contribution in [2.75, 3.05) is 10.6 Å². The van der Waals surface area contributed by atoms with E-state index in [1.54, 1.807) is 12.1 Å². The van der Waals surface area contributed by atoms with Crippen LogP contribution in [0.1, 0.15) is 31.1 Å². The van der Waals surface area contributed by atoms with E-state index in [0.29, 0.717) is 5.69 Å². The minimum Gasteiger partial charge on any atom is -0.545 e. The third kappa shape index (κ3) is 4.21. The van der Waals surface area contributed by atoms with Gasteiger partial charge in [-0.1, -0.05) is 36.4 Å². The minimum atomic E-state index is -1.32. The van der Waals surface area contributed by atoms with Crippen LogP contribution in [0.25, 0.3) is 0 Å². The van der Waals surface area contributed by atoms with Crippen LogP contribution in [-0.2, 0) is 0 Å². The lowest BCUT2D eigenvalue weighted by molar-refractivity contribution is -0.255. The Morgan fingerprint density at radius 3 is 1.93 bits per heavy atom. The largest absolute Gasteiger partial charge is 0.545 e. The van der Waals surface area contributed by atoms with Crippen molar-refractivity contribution < 1.29 is 23.9 Å². The van der Waals surface area contributed by atoms with Gasteiger partial charge in [-0.15, -0.1) is 0 Å². The lowest BCUT2D eigenvalue weighted by atomic mass is 10.1. The first-order chi connectivity index (χ1) is 13.5. The number of hydrogen-bond acceptors (Lipinski definition) is 4. The first kappa shape index (κ1) is 18.8. The predicted octanol–water partition coefficient (Wildman–Crippen LogP) is 2.69. The summed E-state index contributed by atoms with van der Waals surface area (Å²) in [4.78, 5) is 35.7. The van der Waals surface area contributed by atoms with Crippen molar-refractivity contribution in [3.8, 4) is 0 Å². The molecule has 0 spiro atoms. The highest BCUT2D eigenvalue weighted by molar-refractivity contribution is 6.12. The number of para-hydroxylation sites is 1. The molecule has 0 bridgehead atoms. The highest BCUT2D eigenvalue weighted by Gasteiger charge is 2.16. The van der Waals surface area contributed by atoms with E-state index in [-0.39, 0.29) is 22.4 Å². The van der Waals surface area contributed by atoms with Crippen LogP contribution in [0.4, 0.5) is 15.8 Å². The molecular weight excluding hydrogens is 363 g/mol. The van der Waals surface area contributed by atoms with Crippen LogP contribution in [0.15, 0.2) is 72.8 Å². The van der Waals surface area contributed by atoms with Crippen molar-refractivity contribution in [1.82, 2.24) is 0 Å². The molecular formula is C21H14FN2O4-. The molecule has 0 aliphatic carbocycles. The zero-order valence-electron chi connectivity index (χ0n) is 14.4. The molecule has 6 nitrogen and oxygen atoms in total. The van der Waals surface area contributed by atoms with Crippen molar-refractivity contribution in [3.05, 3.63) is 95.3 Å². The average Bonchev–Trinajstić information content (AvgIpc) is 2.69. The van der Waals surface area contributed by atoms with E-state index in [9.17, 15) is 23.9 Å². The van der Waals surface area contributed by atoms with E-state index in [1.807, 2.05) is 0 Å². The molecule has 7 heteroatoms. The number of nitrogens with one attached hydrogen (secondary N) is 2. The fourth-order valence-corrected chi connectivity index (χ4v) is 2.51. The summed E-state index contributed by atoms with van der Waals surface area (Å²) in [5.74, 6) is -3.20. The number of carboxylic acid groups (broad SMARTS) is 1. The SMILES string of the molecule is O=C([O-])c1ccc(NC(=O)c2ccccc2NC(=O)c2ccccc2F)cc1. The lowest BCUT2D eigenvalue weighted by Gasteiger charge is -2.12. The number of hydrogen-bond donors (Lipinski definition) is 2. The summed E-state index contributed by atoms with van der Waals surface area (Å²) in [6.45, 7) is 0. The second kappa shape index (κ2) is 8.13. The van der Waals surface area contributed by atoms with E-state index in [1.165, 1.54) is 60.7 Å². The number of carbonyl (C=O) groups excluding carboxylic acids is 3. The van der Waals surface area contributed by atoms with Crippen LogP contribution in [-0.4, -0.2) is 17.8 Å². The van der Waals surface area contributed by atoms with Gasteiger partial charge in [-0.2, -0.15) is 0 Å². The molecule has 3 rings (SSSR count). The number of anilines is 2. The van der Waals surface area contributed by atoms with Gasteiger partial charge in [0.05, 0.1) is 22.8 Å². The average molecular weight is 377 g/mol. The monoisotopic (exact) mass is 377 g/mol. The standard InChI is InChI=1S/C21H15FN2O4/c22-17-7-3-1-5-15(17)19(25)24-18-8-4-2-6-16(18)20(26)23-14-11-9-13(10-12-14)21(27)28/h1-12H,(H,23,26)(H,24,25)(H,27,28)/p-1. The Kier molecular flexibility index (Phi) is 5.45. The molecule has 140 valence electrons. The number of rotatable bonds is 5. The predicted molar refractivity (Wildman–Crippen MR) is 99.5 cm³/mol. The van der Waals surface area contributed by atoms with E-state index in [4.69, 9.17) is 0 Å². The molecule has 0 fully saturated rings. The Morgan fingerprint density at radius 1 is 0.714 bits per heavy atom. The van der Waals surface area contributed by atoms with Crippen molar-refractivity contribution in [3.63, 3.8) is 0 Å². The van der Waals surface area contributed by atoms with Crippen molar-refractivity contribution in [2.45, 2.75) is 0 Å². The molecule has 0 unspecified atom stereocenters. The molecule has 0 atom stereocenters. The zero-order chi connectivity index (χ0) is 20.1. The van der Waals surface area contributed by atoms with Gasteiger partial charge in [0, 0.05) is 5.69 Å². The Labute approximate surface area is 159 Å². The van der Waals surface area contributed by atoms with Crippen molar-refractivity contribution >= 4 is 29.2 Å². The van der Waals surface area contributed by atoms with Crippen molar-refractivity contribution in [1.29, 1.82) is 0 Å². The number of halogens is 1. The smallest absolute Gasteiger partial charge is 0.258 e. The fraction of sp³-hybridized carbons (Fsp3) is 0. The third-order valence-electron chi connectivity index (χ3n) is 3.92. The van der Waals surface area contributed by atoms with Gasteiger partial charge in [0.25, 0.3) is 11.8 Å². The Bertz CT molecular complexity index is 1050. The van der Waals surface area contributed by atoms with Crippen LogP contribution in [0.2, 0.25) is 0 Å². The third-order valence-corrected chi connectivity index (χ3v) is 3.92. The summed E-state index contributed by atoms with van der Waals surface area (Å²) < 4.78 is 13.8. The van der Waals surface area contributed by atoms with Gasteiger partial charge in [0.15, 0.2) is 0 Å². The topological polar surface area (TPSA) is 98.3 Å². The summed E-state index contributed by atoms with van der Waals surface area (Å²) in [6, 6.07) is 17.2. The molecule has 0 aliphatic heterocycles. The second-order valence-corrected chi connectivity index (χ2v) is 5.80. The summed E-state index contributed by atoms with van der Waals surface area (Å²) in [7, 11) is 0. The molecule has 2 N–H and O–H groups in total. The maximum absolute atomic E-state index is 13.8. The summed E-state index contributed by atoms with van der Waals surface area (Å²) in [5.41, 5.74) is 0.576. The minimum absolute atomic E-state index is 0.0180. The number of aromatic carboxylic acids is 1. The van der Waals surface area contributed by atoms with Crippen LogP contribution in [0, 0.1) is 5.82 Å². The van der Waals surface area contributed by atoms with Gasteiger partial charge in [-0.3, -0.25) is 9.59 Å². The number of carboxylic acids is 1. The van der Waals surface area contributed by atoms with Crippen LogP contribution in [0.3, 0.4) is 0 Å². The molecule has 0 saturated heterocycles. The zero-order valence-corrected chi connectivity index (χ0v) is 14.4. The highest BCUT2D eigenvalue weighted by Crippen LogP contribution is 2.19. The Hall–Kier alpha value is -4.00. The first-order valence-corrected chi connectivity index (χ1v) is 8.23. The highest BCUT2D eigenvalue weighted by atomic mass is 19.1. The van der Waals surface area contributed by atoms with E-state index in [0.717, 1.165) is 0 Å². The van der Waals surface area contributed by atoms with Crippen LogP contribution >= 0.6 is 0 Å². The Balaban J connectivity index is 1.79. The summed E-state index contributed by atoms with van der Waals surface area (Å²) in [6.07, 6.45) is 0. The second-order valence-electron chi connectivity index (χ2n) is 5.80. The molecule has 0 radical (unpaired) electrons. The van der Waals surface area contributed by atoms with Crippen molar-refractivity contribution in [2.24, 2.45) is 0 Å². The van der Waals surface area contributed by atoms with Gasteiger partial charge in [0.2, 0.25) is 0 Å². The number of carbonyl (C=O) groups is 3. The first-order valence-electron chi connectivity index (χ1n) is 8.23. The molecule has 0 saturated carbocycles. The summed E-state index contributed by atoms with van der Waals surface area (Å²) in [5, 5.41) is 15.9. The molecule has 0 aromatic heterocycles. The quantitative estimate of drug-likeness (QED) is 0.714. The maximum atomic E-state index is 13.8. The summed E-state index contributed by atoms with van der Waals surface area (Å²) >= 11 is 0. The molecule has 0 heterocycles. The molecule has 28 heavy (non-hydrogen) atoms. The van der Waals surface area contributed by atoms with Gasteiger partial charge in [-0.25, -0.2) is 4.39 Å². The molecule has 3 aromatic rings. The maximum Gasteiger partial charge on any atom is 0.258 e. The lowest BCUT2D eigenvalue weighted by Crippen LogP contribution is -2.22. The van der Waals surface area contributed by atoms with E-state index < -0.39 is 23.6 Å². The van der Waals surface area contributed by atoms with E-state index >= 15 is 0 Å². The van der Waals surface area contributed by atoms with E-state index in [2.05, 4.69) is 10.6 Å². The van der Waals surface area contributed by atoms with Crippen LogP contribution < -0.4 is 15.7 Å². The van der Waals surface area contributed by atoms with Gasteiger partial charge >= 0.3 is 0 Å². The molecule has 0 aliphatic rings. The van der Waals surface area contributed by atoms with Gasteiger partial charge in [-0.05, 0) is 42.0 Å². The van der Waals surface area contributed by atoms with Crippen LogP contribution in [0.5, 0.6) is 0 Å². The molecule has 3 aromatic carbocycles. The Morgan fingerprint density at radius 2 is 1.29 bits per heavy atom. The van der Waals surface area contributed by atoms with Gasteiger partial charge in [0.1, 0.15) is 5.82 Å².